The summed E-state index contributed by atoms with van der Waals surface area (Å²) in [5, 5.41) is 29.9. The highest BCUT2D eigenvalue weighted by Crippen LogP contribution is 1.96. The van der Waals surface area contributed by atoms with Gasteiger partial charge in [-0.25, -0.2) is 4.79 Å². The summed E-state index contributed by atoms with van der Waals surface area (Å²) in [6.45, 7) is 5.14. The number of aliphatic hydroxyl groups is 3. The Morgan fingerprint density at radius 2 is 1.50 bits per heavy atom. The van der Waals surface area contributed by atoms with Gasteiger partial charge < -0.3 is 25.5 Å². The number of nitrogens with one attached hydrogen (secondary N) is 1. The van der Waals surface area contributed by atoms with Crippen LogP contribution in [-0.4, -0.2) is 64.2 Å². The van der Waals surface area contributed by atoms with Crippen LogP contribution in [0.5, 0.6) is 0 Å². The van der Waals surface area contributed by atoms with E-state index >= 15 is 0 Å². The third-order valence-electron chi connectivity index (χ3n) is 1.81. The Kier molecular flexibility index (Phi) is 7.03. The van der Waals surface area contributed by atoms with Crippen molar-refractivity contribution >= 4 is 6.03 Å². The van der Waals surface area contributed by atoms with Crippen LogP contribution in [0.2, 0.25) is 0 Å². The molecule has 0 aromatic heterocycles. The third kappa shape index (κ3) is 7.44. The predicted octanol–water partition coefficient (Wildman–Crippen LogP) is -0.860. The summed E-state index contributed by atoms with van der Waals surface area (Å²) in [5.41, 5.74) is 0. The molecule has 6 heteroatoms. The SMILES string of the molecule is CC(O)CNC(=O)N(CC(C)O)CC(C)O. The van der Waals surface area contributed by atoms with Crippen LogP contribution in [0.3, 0.4) is 0 Å². The highest BCUT2D eigenvalue weighted by Gasteiger charge is 2.17. The number of hydrogen-bond donors (Lipinski definition) is 4. The van der Waals surface area contributed by atoms with Crippen molar-refractivity contribution in [2.45, 2.75) is 39.1 Å². The highest BCUT2D eigenvalue weighted by molar-refractivity contribution is 5.74. The molecule has 0 aliphatic rings. The predicted molar refractivity (Wildman–Crippen MR) is 60.0 cm³/mol. The van der Waals surface area contributed by atoms with Gasteiger partial charge >= 0.3 is 6.03 Å². The van der Waals surface area contributed by atoms with Crippen molar-refractivity contribution in [3.05, 3.63) is 0 Å². The quantitative estimate of drug-likeness (QED) is 0.481. The maximum atomic E-state index is 11.6. The maximum Gasteiger partial charge on any atom is 0.317 e. The summed E-state index contributed by atoms with van der Waals surface area (Å²) in [6, 6.07) is -0.400. The molecule has 0 spiro atoms. The molecule has 0 saturated heterocycles. The highest BCUT2D eigenvalue weighted by atomic mass is 16.3. The van der Waals surface area contributed by atoms with Crippen molar-refractivity contribution < 1.29 is 20.1 Å². The van der Waals surface area contributed by atoms with E-state index in [4.69, 9.17) is 5.11 Å². The van der Waals surface area contributed by atoms with E-state index in [1.807, 2.05) is 0 Å². The van der Waals surface area contributed by atoms with Crippen LogP contribution in [0.15, 0.2) is 0 Å². The lowest BCUT2D eigenvalue weighted by Crippen LogP contribution is -2.47. The third-order valence-corrected chi connectivity index (χ3v) is 1.81. The minimum Gasteiger partial charge on any atom is -0.392 e. The summed E-state index contributed by atoms with van der Waals surface area (Å²) >= 11 is 0. The first-order valence-corrected chi connectivity index (χ1v) is 5.40. The van der Waals surface area contributed by atoms with Crippen LogP contribution >= 0.6 is 0 Å². The Morgan fingerprint density at radius 1 is 1.06 bits per heavy atom. The standard InChI is InChI=1S/C10H22N2O4/c1-7(13)4-11-10(16)12(5-8(2)14)6-9(3)15/h7-9,13-15H,4-6H2,1-3H3,(H,11,16). The van der Waals surface area contributed by atoms with Gasteiger partial charge in [-0.2, -0.15) is 0 Å². The summed E-state index contributed by atoms with van der Waals surface area (Å²) in [7, 11) is 0. The Labute approximate surface area is 95.9 Å². The van der Waals surface area contributed by atoms with E-state index in [-0.39, 0.29) is 19.6 Å². The molecule has 6 nitrogen and oxygen atoms in total. The molecule has 0 aliphatic carbocycles. The number of urea groups is 1. The van der Waals surface area contributed by atoms with Crippen molar-refractivity contribution in [2.75, 3.05) is 19.6 Å². The molecule has 0 aliphatic heterocycles. The van der Waals surface area contributed by atoms with Gasteiger partial charge in [0.25, 0.3) is 0 Å². The van der Waals surface area contributed by atoms with Crippen LogP contribution < -0.4 is 5.32 Å². The van der Waals surface area contributed by atoms with Crippen LogP contribution in [0.1, 0.15) is 20.8 Å². The topological polar surface area (TPSA) is 93.0 Å². The maximum absolute atomic E-state index is 11.6. The van der Waals surface area contributed by atoms with Gasteiger partial charge in [-0.05, 0) is 20.8 Å². The number of rotatable bonds is 6. The molecular formula is C10H22N2O4. The van der Waals surface area contributed by atoms with Crippen molar-refractivity contribution in [1.29, 1.82) is 0 Å². The fourth-order valence-corrected chi connectivity index (χ4v) is 1.23. The first-order chi connectivity index (χ1) is 7.32. The van der Waals surface area contributed by atoms with Gasteiger partial charge in [-0.15, -0.1) is 0 Å². The molecule has 3 unspecified atom stereocenters. The van der Waals surface area contributed by atoms with Gasteiger partial charge in [0.1, 0.15) is 0 Å². The van der Waals surface area contributed by atoms with Crippen LogP contribution in [0.25, 0.3) is 0 Å². The lowest BCUT2D eigenvalue weighted by molar-refractivity contribution is 0.0947. The second kappa shape index (κ2) is 7.43. The van der Waals surface area contributed by atoms with E-state index in [1.165, 1.54) is 4.90 Å². The Balaban J connectivity index is 4.20. The molecule has 0 heterocycles. The largest absolute Gasteiger partial charge is 0.392 e. The van der Waals surface area contributed by atoms with Crippen molar-refractivity contribution in [3.8, 4) is 0 Å². The molecule has 0 saturated carbocycles. The Morgan fingerprint density at radius 3 is 1.81 bits per heavy atom. The average molecular weight is 234 g/mol. The smallest absolute Gasteiger partial charge is 0.317 e. The minimum absolute atomic E-state index is 0.148. The summed E-state index contributed by atoms with van der Waals surface area (Å²) in [6.07, 6.45) is -1.93. The second-order valence-electron chi connectivity index (χ2n) is 4.14. The molecule has 0 aromatic carbocycles. The molecule has 0 radical (unpaired) electrons. The summed E-state index contributed by atoms with van der Waals surface area (Å²) < 4.78 is 0. The molecule has 2 amide bonds. The molecule has 0 aromatic rings. The zero-order valence-corrected chi connectivity index (χ0v) is 10.1. The normalized spacial score (nSPS) is 16.4. The van der Waals surface area contributed by atoms with Gasteiger partial charge in [0.05, 0.1) is 18.3 Å². The van der Waals surface area contributed by atoms with Crippen molar-refractivity contribution in [1.82, 2.24) is 10.2 Å². The molecule has 0 bridgehead atoms. The number of hydrogen-bond acceptors (Lipinski definition) is 4. The number of nitrogens with zero attached hydrogens (tertiary/aromatic N) is 1. The Bertz CT molecular complexity index is 197. The first-order valence-electron chi connectivity index (χ1n) is 5.40. The van der Waals surface area contributed by atoms with Gasteiger partial charge in [0.2, 0.25) is 0 Å². The van der Waals surface area contributed by atoms with Crippen LogP contribution in [-0.2, 0) is 0 Å². The fraction of sp³-hybridized carbons (Fsp3) is 0.900. The van der Waals surface area contributed by atoms with Gasteiger partial charge in [0.15, 0.2) is 0 Å². The Hall–Kier alpha value is -0.850. The van der Waals surface area contributed by atoms with E-state index in [0.29, 0.717) is 0 Å². The van der Waals surface area contributed by atoms with E-state index in [2.05, 4.69) is 5.32 Å². The monoisotopic (exact) mass is 234 g/mol. The molecular weight excluding hydrogens is 212 g/mol. The van der Waals surface area contributed by atoms with Crippen molar-refractivity contribution in [3.63, 3.8) is 0 Å². The van der Waals surface area contributed by atoms with Gasteiger partial charge in [-0.3, -0.25) is 0 Å². The van der Waals surface area contributed by atoms with E-state index < -0.39 is 24.3 Å². The molecule has 0 rings (SSSR count). The lowest BCUT2D eigenvalue weighted by Gasteiger charge is -2.25. The number of aliphatic hydroxyl groups excluding tert-OH is 3. The fourth-order valence-electron chi connectivity index (χ4n) is 1.23. The zero-order valence-electron chi connectivity index (χ0n) is 10.1. The minimum atomic E-state index is -0.656. The van der Waals surface area contributed by atoms with Crippen molar-refractivity contribution in [2.24, 2.45) is 0 Å². The molecule has 0 fully saturated rings. The van der Waals surface area contributed by atoms with E-state index in [1.54, 1.807) is 20.8 Å². The summed E-state index contributed by atoms with van der Waals surface area (Å²) in [4.78, 5) is 12.9. The lowest BCUT2D eigenvalue weighted by atomic mass is 10.3. The van der Waals surface area contributed by atoms with Crippen LogP contribution in [0, 0.1) is 0 Å². The molecule has 96 valence electrons. The van der Waals surface area contributed by atoms with Gasteiger partial charge in [-0.1, -0.05) is 0 Å². The molecule has 4 N–H and O–H groups in total. The molecule has 3 atom stereocenters. The second-order valence-corrected chi connectivity index (χ2v) is 4.14. The average Bonchev–Trinajstić information content (AvgIpc) is 2.11. The summed E-state index contributed by atoms with van der Waals surface area (Å²) in [5.74, 6) is 0. The van der Waals surface area contributed by atoms with E-state index in [9.17, 15) is 15.0 Å². The van der Waals surface area contributed by atoms with Crippen LogP contribution in [0.4, 0.5) is 4.79 Å². The van der Waals surface area contributed by atoms with Gasteiger partial charge in [0, 0.05) is 19.6 Å². The molecule has 16 heavy (non-hydrogen) atoms. The number of amides is 2. The number of carbonyl (C=O) groups is 1. The first kappa shape index (κ1) is 15.2. The number of carbonyl (C=O) groups excluding carboxylic acids is 1. The van der Waals surface area contributed by atoms with E-state index in [0.717, 1.165) is 0 Å². The zero-order chi connectivity index (χ0) is 12.7.